The van der Waals surface area contributed by atoms with Gasteiger partial charge in [-0.3, -0.25) is 14.7 Å². The Morgan fingerprint density at radius 1 is 1.10 bits per heavy atom. The molecule has 0 aliphatic heterocycles. The lowest BCUT2D eigenvalue weighted by molar-refractivity contribution is -0.137. The molecule has 1 amide bonds. The lowest BCUT2D eigenvalue weighted by Crippen LogP contribution is -2.27. The van der Waals surface area contributed by atoms with E-state index in [9.17, 15) is 18.0 Å². The number of carbonyl (C=O) groups is 1. The number of rotatable bonds is 3. The van der Waals surface area contributed by atoms with Crippen LogP contribution in [0.1, 0.15) is 15.9 Å². The average molecular weight is 421 g/mol. The second-order valence-electron chi connectivity index (χ2n) is 6.73. The molecule has 0 saturated carbocycles. The van der Waals surface area contributed by atoms with Gasteiger partial charge < -0.3 is 0 Å². The normalized spacial score (nSPS) is 11.3. The Labute approximate surface area is 175 Å². The minimum absolute atomic E-state index is 0.329. The van der Waals surface area contributed by atoms with Crippen LogP contribution in [0.3, 0.4) is 0 Å². The highest BCUT2D eigenvalue weighted by Gasteiger charge is 2.30. The van der Waals surface area contributed by atoms with Gasteiger partial charge in [0, 0.05) is 30.6 Å². The molecule has 3 aromatic heterocycles. The monoisotopic (exact) mass is 421 g/mol. The zero-order valence-electron chi connectivity index (χ0n) is 16.1. The number of benzene rings is 1. The predicted molar refractivity (Wildman–Crippen MR) is 109 cm³/mol. The predicted octanol–water partition coefficient (Wildman–Crippen LogP) is 5.24. The number of halogens is 3. The maximum atomic E-state index is 12.9. The number of anilines is 1. The highest BCUT2D eigenvalue weighted by Crippen LogP contribution is 2.32. The van der Waals surface area contributed by atoms with Gasteiger partial charge in [-0.15, -0.1) is 0 Å². The molecule has 0 bridgehead atoms. The molecule has 4 rings (SSSR count). The van der Waals surface area contributed by atoms with Gasteiger partial charge in [0.25, 0.3) is 5.91 Å². The van der Waals surface area contributed by atoms with Gasteiger partial charge in [0.05, 0.1) is 23.8 Å². The van der Waals surface area contributed by atoms with Crippen molar-refractivity contribution in [1.82, 2.24) is 14.6 Å². The summed E-state index contributed by atoms with van der Waals surface area (Å²) in [4.78, 5) is 21.7. The van der Waals surface area contributed by atoms with Gasteiger partial charge in [0.1, 0.15) is 5.82 Å². The Morgan fingerprint density at radius 2 is 1.84 bits per heavy atom. The molecule has 3 heterocycles. The number of carbonyl (C=O) groups excluding carboxylic acids is 1. The van der Waals surface area contributed by atoms with Crippen LogP contribution >= 0.6 is 0 Å². The minimum Gasteiger partial charge on any atom is -0.296 e. The lowest BCUT2D eigenvalue weighted by atomic mass is 10.0. The molecule has 0 radical (unpaired) electrons. The zero-order chi connectivity index (χ0) is 22.2. The van der Waals surface area contributed by atoms with Crippen molar-refractivity contribution in [1.29, 1.82) is 0 Å². The Morgan fingerprint density at radius 3 is 2.45 bits per heavy atom. The van der Waals surface area contributed by atoms with Gasteiger partial charge >= 0.3 is 6.18 Å². The van der Waals surface area contributed by atoms with E-state index in [0.717, 1.165) is 12.1 Å². The number of amides is 1. The van der Waals surface area contributed by atoms with Crippen molar-refractivity contribution in [3.63, 3.8) is 0 Å². The van der Waals surface area contributed by atoms with E-state index < -0.39 is 11.7 Å². The third-order valence-corrected chi connectivity index (χ3v) is 4.80. The lowest BCUT2D eigenvalue weighted by Gasteiger charge is -2.16. The van der Waals surface area contributed by atoms with E-state index in [0.29, 0.717) is 33.7 Å². The van der Waals surface area contributed by atoms with Crippen molar-refractivity contribution < 1.29 is 18.0 Å². The SMILES string of the molecule is [C-]#[N+]c1ccc(N(C)C(=O)c2ccn3ncc(-c4ccc(C(F)(F)F)cc4)c3c2)nc1. The summed E-state index contributed by atoms with van der Waals surface area (Å²) >= 11 is 0. The van der Waals surface area contributed by atoms with Crippen LogP contribution in [-0.2, 0) is 6.18 Å². The van der Waals surface area contributed by atoms with E-state index in [1.54, 1.807) is 48.2 Å². The fourth-order valence-corrected chi connectivity index (χ4v) is 3.12. The summed E-state index contributed by atoms with van der Waals surface area (Å²) in [6.45, 7) is 6.98. The molecule has 0 atom stereocenters. The van der Waals surface area contributed by atoms with Crippen molar-refractivity contribution >= 4 is 22.9 Å². The number of alkyl halides is 3. The number of hydrogen-bond acceptors (Lipinski definition) is 3. The molecule has 9 heteroatoms. The second kappa shape index (κ2) is 7.57. The molecule has 0 aliphatic carbocycles. The summed E-state index contributed by atoms with van der Waals surface area (Å²) < 4.78 is 40.1. The summed E-state index contributed by atoms with van der Waals surface area (Å²) in [7, 11) is 1.57. The summed E-state index contributed by atoms with van der Waals surface area (Å²) in [5.74, 6) is 0.0545. The van der Waals surface area contributed by atoms with Gasteiger partial charge in [-0.1, -0.05) is 18.2 Å². The Hall–Kier alpha value is -4.19. The van der Waals surface area contributed by atoms with E-state index in [2.05, 4.69) is 14.9 Å². The van der Waals surface area contributed by atoms with Gasteiger partial charge in [0.15, 0.2) is 0 Å². The molecule has 0 unspecified atom stereocenters. The third-order valence-electron chi connectivity index (χ3n) is 4.80. The molecule has 0 fully saturated rings. The van der Waals surface area contributed by atoms with Crippen LogP contribution in [0.2, 0.25) is 0 Å². The van der Waals surface area contributed by atoms with Gasteiger partial charge in [0.2, 0.25) is 5.69 Å². The van der Waals surface area contributed by atoms with E-state index in [4.69, 9.17) is 6.57 Å². The van der Waals surface area contributed by atoms with Crippen molar-refractivity contribution in [2.45, 2.75) is 6.18 Å². The quantitative estimate of drug-likeness (QED) is 0.425. The fourth-order valence-electron chi connectivity index (χ4n) is 3.12. The van der Waals surface area contributed by atoms with Crippen molar-refractivity contribution in [2.75, 3.05) is 11.9 Å². The maximum absolute atomic E-state index is 12.9. The summed E-state index contributed by atoms with van der Waals surface area (Å²) in [5, 5.41) is 4.22. The molecule has 6 nitrogen and oxygen atoms in total. The summed E-state index contributed by atoms with van der Waals surface area (Å²) in [5.41, 5.74) is 1.73. The molecule has 31 heavy (non-hydrogen) atoms. The first-order chi connectivity index (χ1) is 14.8. The van der Waals surface area contributed by atoms with Crippen LogP contribution in [0.4, 0.5) is 24.7 Å². The smallest absolute Gasteiger partial charge is 0.296 e. The first-order valence-corrected chi connectivity index (χ1v) is 9.04. The van der Waals surface area contributed by atoms with Crippen LogP contribution in [0.15, 0.2) is 67.1 Å². The maximum Gasteiger partial charge on any atom is 0.416 e. The number of fused-ring (bicyclic) bond motifs is 1. The van der Waals surface area contributed by atoms with Gasteiger partial charge in [-0.05, 0) is 35.9 Å². The standard InChI is InChI=1S/C22H14F3N5O/c1-26-17-7-8-20(27-12-17)29(2)21(31)15-9-10-30-19(11-15)18(13-28-30)14-3-5-16(6-4-14)22(23,24)25/h3-13H,2H3. The zero-order valence-corrected chi connectivity index (χ0v) is 16.1. The summed E-state index contributed by atoms with van der Waals surface area (Å²) in [6.07, 6.45) is 0.125. The van der Waals surface area contributed by atoms with Crippen molar-refractivity contribution in [2.24, 2.45) is 0 Å². The van der Waals surface area contributed by atoms with Crippen LogP contribution < -0.4 is 4.90 Å². The van der Waals surface area contributed by atoms with Crippen LogP contribution in [0.5, 0.6) is 0 Å². The molecule has 154 valence electrons. The van der Waals surface area contributed by atoms with Gasteiger partial charge in [-0.2, -0.15) is 18.3 Å². The van der Waals surface area contributed by atoms with Crippen LogP contribution in [-0.4, -0.2) is 27.6 Å². The third kappa shape index (κ3) is 3.83. The molecule has 1 aromatic carbocycles. The van der Waals surface area contributed by atoms with E-state index in [-0.39, 0.29) is 5.91 Å². The highest BCUT2D eigenvalue weighted by atomic mass is 19.4. The molecule has 0 N–H and O–H groups in total. The average Bonchev–Trinajstić information content (AvgIpc) is 3.21. The van der Waals surface area contributed by atoms with Gasteiger partial charge in [-0.25, -0.2) is 9.36 Å². The van der Waals surface area contributed by atoms with Crippen LogP contribution in [0.25, 0.3) is 21.5 Å². The summed E-state index contributed by atoms with van der Waals surface area (Å²) in [6, 6.07) is 11.2. The Balaban J connectivity index is 1.67. The fraction of sp³-hybridized carbons (Fsp3) is 0.0909. The van der Waals surface area contributed by atoms with E-state index in [1.165, 1.54) is 23.2 Å². The molecular formula is C22H14F3N5O. The van der Waals surface area contributed by atoms with E-state index in [1.807, 2.05) is 0 Å². The number of pyridine rings is 2. The molecule has 0 aliphatic rings. The topological polar surface area (TPSA) is 54.9 Å². The second-order valence-corrected chi connectivity index (χ2v) is 6.73. The van der Waals surface area contributed by atoms with Crippen molar-refractivity contribution in [3.05, 3.63) is 89.7 Å². The Kier molecular flexibility index (Phi) is 4.91. The minimum atomic E-state index is -4.41. The number of hydrogen-bond donors (Lipinski definition) is 0. The molecular weight excluding hydrogens is 407 g/mol. The number of nitrogens with zero attached hydrogens (tertiary/aromatic N) is 5. The molecule has 4 aromatic rings. The highest BCUT2D eigenvalue weighted by molar-refractivity contribution is 6.06. The first kappa shape index (κ1) is 20.1. The first-order valence-electron chi connectivity index (χ1n) is 9.04. The van der Waals surface area contributed by atoms with E-state index >= 15 is 0 Å². The Bertz CT molecular complexity index is 1300. The van der Waals surface area contributed by atoms with Crippen LogP contribution in [0, 0.1) is 6.57 Å². The molecule has 0 spiro atoms. The largest absolute Gasteiger partial charge is 0.416 e. The number of aromatic nitrogens is 3. The molecule has 0 saturated heterocycles. The van der Waals surface area contributed by atoms with Crippen molar-refractivity contribution in [3.8, 4) is 11.1 Å².